The molecule has 188 valence electrons. The Morgan fingerprint density at radius 2 is 1.74 bits per heavy atom. The summed E-state index contributed by atoms with van der Waals surface area (Å²) in [6, 6.07) is 6.12. The number of carbonyl (C=O) groups excluding carboxylic acids is 1. The van der Waals surface area contributed by atoms with E-state index in [0.717, 1.165) is 17.3 Å². The average Bonchev–Trinajstić information content (AvgIpc) is 3.20. The molecule has 0 aliphatic rings. The van der Waals surface area contributed by atoms with Crippen LogP contribution in [0.3, 0.4) is 0 Å². The second-order valence-corrected chi connectivity index (χ2v) is 7.98. The molecule has 3 aromatic rings. The molecule has 0 aliphatic heterocycles. The number of aromatic nitrogens is 2. The van der Waals surface area contributed by atoms with Gasteiger partial charge in [0.2, 0.25) is 0 Å². The maximum Gasteiger partial charge on any atom is 0.416 e. The number of nitrogens with one attached hydrogen (secondary N) is 1. The first kappa shape index (κ1) is 26.1. The zero-order valence-electron chi connectivity index (χ0n) is 19.0. The maximum atomic E-state index is 13.4. The Kier molecular flexibility index (Phi) is 7.47. The number of alkyl halides is 6. The fraction of sp³-hybridized carbons (Fsp3) is 0.333. The van der Waals surface area contributed by atoms with E-state index in [1.165, 1.54) is 20.1 Å². The number of methoxy groups -OCH3 is 1. The van der Waals surface area contributed by atoms with Crippen LogP contribution in [0.25, 0.3) is 0 Å². The number of ether oxygens (including phenoxy) is 2. The minimum atomic E-state index is -5.00. The monoisotopic (exact) mass is 500 g/mol. The van der Waals surface area contributed by atoms with Gasteiger partial charge in [-0.15, -0.1) is 0 Å². The van der Waals surface area contributed by atoms with Crippen LogP contribution in [-0.4, -0.2) is 23.1 Å². The van der Waals surface area contributed by atoms with E-state index in [4.69, 9.17) is 9.47 Å². The number of aromatic amines is 1. The molecule has 3 rings (SSSR count). The van der Waals surface area contributed by atoms with Gasteiger partial charge in [-0.2, -0.15) is 31.4 Å². The molecule has 1 aromatic heterocycles. The van der Waals surface area contributed by atoms with Gasteiger partial charge in [-0.05, 0) is 43.7 Å². The molecule has 1 atom stereocenters. The third kappa shape index (κ3) is 6.14. The van der Waals surface area contributed by atoms with Crippen LogP contribution in [-0.2, 0) is 23.8 Å². The lowest BCUT2D eigenvalue weighted by Crippen LogP contribution is -2.14. The number of H-pyrrole nitrogens is 1. The Hall–Kier alpha value is -3.50. The summed E-state index contributed by atoms with van der Waals surface area (Å²) in [6.07, 6.45) is -8.12. The molecule has 0 saturated carbocycles. The number of carbonyl (C=O) groups is 1. The lowest BCUT2D eigenvalue weighted by molar-refractivity contribution is -0.143. The number of Topliss-reactive ketones (excluding diaryl/α,β-unsaturated/α-hetero) is 1. The molecule has 1 N–H and O–H groups in total. The van der Waals surface area contributed by atoms with Crippen molar-refractivity contribution < 1.29 is 40.6 Å². The molecule has 5 nitrogen and oxygen atoms in total. The molecule has 0 radical (unpaired) electrons. The van der Waals surface area contributed by atoms with Gasteiger partial charge in [-0.25, -0.2) is 0 Å². The Bertz CT molecular complexity index is 1200. The van der Waals surface area contributed by atoms with Gasteiger partial charge >= 0.3 is 12.4 Å². The molecular weight excluding hydrogens is 478 g/mol. The van der Waals surface area contributed by atoms with Gasteiger partial charge in [0.15, 0.2) is 11.5 Å². The fourth-order valence-electron chi connectivity index (χ4n) is 3.72. The minimum Gasteiger partial charge on any atom is -0.493 e. The number of halogens is 6. The molecule has 0 fully saturated rings. The van der Waals surface area contributed by atoms with Crippen molar-refractivity contribution in [2.24, 2.45) is 0 Å². The quantitative estimate of drug-likeness (QED) is 0.361. The van der Waals surface area contributed by atoms with Gasteiger partial charge in [0.05, 0.1) is 24.4 Å². The van der Waals surface area contributed by atoms with Crippen LogP contribution < -0.4 is 9.47 Å². The smallest absolute Gasteiger partial charge is 0.416 e. The van der Waals surface area contributed by atoms with Crippen LogP contribution in [0.1, 0.15) is 52.8 Å². The highest BCUT2D eigenvalue weighted by Crippen LogP contribution is 2.39. The highest BCUT2D eigenvalue weighted by molar-refractivity contribution is 5.77. The molecule has 0 spiro atoms. The van der Waals surface area contributed by atoms with E-state index in [0.29, 0.717) is 11.6 Å². The molecule has 0 saturated heterocycles. The second kappa shape index (κ2) is 10.0. The largest absolute Gasteiger partial charge is 0.493 e. The van der Waals surface area contributed by atoms with Crippen LogP contribution >= 0.6 is 0 Å². The number of rotatable bonds is 8. The summed E-state index contributed by atoms with van der Waals surface area (Å²) in [5, 5.41) is 6.81. The standard InChI is InChI=1S/C24H22F6N2O3/c1-13(33)8-18(19-11-31-32-14(19)2)15-5-7-21(22(9-15)34-3)35-12-16-4-6-17(23(25,26)27)10-20(16)24(28,29)30/h4-7,9-11,18H,8,12H2,1-3H3,(H,31,32). The summed E-state index contributed by atoms with van der Waals surface area (Å²) in [5.41, 5.74) is -1.02. The predicted molar refractivity (Wildman–Crippen MR) is 114 cm³/mol. The van der Waals surface area contributed by atoms with Gasteiger partial charge in [0.25, 0.3) is 0 Å². The third-order valence-corrected chi connectivity index (χ3v) is 5.45. The van der Waals surface area contributed by atoms with Gasteiger partial charge in [-0.1, -0.05) is 12.1 Å². The van der Waals surface area contributed by atoms with E-state index in [1.807, 2.05) is 6.92 Å². The second-order valence-electron chi connectivity index (χ2n) is 7.98. The molecular formula is C24H22F6N2O3. The highest BCUT2D eigenvalue weighted by atomic mass is 19.4. The van der Waals surface area contributed by atoms with Crippen LogP contribution in [0.15, 0.2) is 42.6 Å². The first-order valence-corrected chi connectivity index (χ1v) is 10.4. The predicted octanol–water partition coefficient (Wildman–Crippen LogP) is 6.45. The van der Waals surface area contributed by atoms with Crippen molar-refractivity contribution in [3.8, 4) is 11.5 Å². The van der Waals surface area contributed by atoms with Crippen molar-refractivity contribution in [1.82, 2.24) is 10.2 Å². The highest BCUT2D eigenvalue weighted by Gasteiger charge is 2.38. The molecule has 1 heterocycles. The van der Waals surface area contributed by atoms with Crippen molar-refractivity contribution in [1.29, 1.82) is 0 Å². The lowest BCUT2D eigenvalue weighted by atomic mass is 9.87. The number of ketones is 1. The number of benzene rings is 2. The molecule has 35 heavy (non-hydrogen) atoms. The Balaban J connectivity index is 1.91. The van der Waals surface area contributed by atoms with Crippen molar-refractivity contribution in [2.75, 3.05) is 7.11 Å². The summed E-state index contributed by atoms with van der Waals surface area (Å²) >= 11 is 0. The van der Waals surface area contributed by atoms with Gasteiger partial charge in [-0.3, -0.25) is 9.89 Å². The summed E-state index contributed by atoms with van der Waals surface area (Å²) in [5.74, 6) is -0.120. The van der Waals surface area contributed by atoms with Crippen LogP contribution in [0, 0.1) is 6.92 Å². The van der Waals surface area contributed by atoms with Gasteiger partial charge in [0.1, 0.15) is 12.4 Å². The summed E-state index contributed by atoms with van der Waals surface area (Å²) < 4.78 is 89.8. The molecule has 1 unspecified atom stereocenters. The number of nitrogens with zero attached hydrogens (tertiary/aromatic N) is 1. The third-order valence-electron chi connectivity index (χ3n) is 5.45. The van der Waals surface area contributed by atoms with E-state index >= 15 is 0 Å². The average molecular weight is 500 g/mol. The first-order chi connectivity index (χ1) is 16.3. The number of hydrogen-bond donors (Lipinski definition) is 1. The fourth-order valence-corrected chi connectivity index (χ4v) is 3.72. The van der Waals surface area contributed by atoms with Crippen LogP contribution in [0.5, 0.6) is 11.5 Å². The topological polar surface area (TPSA) is 64.2 Å². The van der Waals surface area contributed by atoms with Crippen molar-refractivity contribution >= 4 is 5.78 Å². The number of hydrogen-bond acceptors (Lipinski definition) is 4. The molecule has 0 bridgehead atoms. The summed E-state index contributed by atoms with van der Waals surface area (Å²) in [4.78, 5) is 11.9. The normalized spacial score (nSPS) is 12.9. The summed E-state index contributed by atoms with van der Waals surface area (Å²) in [7, 11) is 1.34. The molecule has 0 aliphatic carbocycles. The minimum absolute atomic E-state index is 0.0584. The Labute approximate surface area is 197 Å². The lowest BCUT2D eigenvalue weighted by Gasteiger charge is -2.19. The van der Waals surface area contributed by atoms with Crippen molar-refractivity contribution in [2.45, 2.75) is 45.1 Å². The van der Waals surface area contributed by atoms with E-state index in [9.17, 15) is 31.1 Å². The SMILES string of the molecule is COc1cc(C(CC(C)=O)c2cn[nH]c2C)ccc1OCc1ccc(C(F)(F)F)cc1C(F)(F)F. The zero-order chi connectivity index (χ0) is 26.0. The van der Waals surface area contributed by atoms with E-state index < -0.39 is 35.6 Å². The first-order valence-electron chi connectivity index (χ1n) is 10.4. The van der Waals surface area contributed by atoms with E-state index in [2.05, 4.69) is 10.2 Å². The van der Waals surface area contributed by atoms with Gasteiger partial charge in [0, 0.05) is 29.2 Å². The van der Waals surface area contributed by atoms with Crippen molar-refractivity contribution in [3.63, 3.8) is 0 Å². The van der Waals surface area contributed by atoms with Crippen molar-refractivity contribution in [3.05, 3.63) is 76.1 Å². The molecule has 11 heteroatoms. The zero-order valence-corrected chi connectivity index (χ0v) is 19.0. The molecule has 0 amide bonds. The van der Waals surface area contributed by atoms with Crippen LogP contribution in [0.2, 0.25) is 0 Å². The van der Waals surface area contributed by atoms with Gasteiger partial charge < -0.3 is 9.47 Å². The Morgan fingerprint density at radius 1 is 1.03 bits per heavy atom. The summed E-state index contributed by atoms with van der Waals surface area (Å²) in [6.45, 7) is 2.63. The van der Waals surface area contributed by atoms with E-state index in [1.54, 1.807) is 18.3 Å². The molecule has 2 aromatic carbocycles. The number of aryl methyl sites for hydroxylation is 1. The van der Waals surface area contributed by atoms with Crippen LogP contribution in [0.4, 0.5) is 26.3 Å². The Morgan fingerprint density at radius 3 is 2.29 bits per heavy atom. The maximum absolute atomic E-state index is 13.4. The van der Waals surface area contributed by atoms with E-state index in [-0.39, 0.29) is 35.7 Å².